The van der Waals surface area contributed by atoms with E-state index in [9.17, 15) is 9.59 Å². The molecule has 0 bridgehead atoms. The summed E-state index contributed by atoms with van der Waals surface area (Å²) < 4.78 is 5.95. The molecule has 0 aliphatic heterocycles. The minimum absolute atomic E-state index is 0.0574. The van der Waals surface area contributed by atoms with Crippen molar-refractivity contribution in [1.82, 2.24) is 10.2 Å². The van der Waals surface area contributed by atoms with Gasteiger partial charge < -0.3 is 15.0 Å². The van der Waals surface area contributed by atoms with Gasteiger partial charge in [-0.3, -0.25) is 9.59 Å². The molecule has 0 fully saturated rings. The topological polar surface area (TPSA) is 58.6 Å². The highest BCUT2D eigenvalue weighted by Gasteiger charge is 2.29. The lowest BCUT2D eigenvalue weighted by molar-refractivity contribution is -0.143. The van der Waals surface area contributed by atoms with Gasteiger partial charge >= 0.3 is 0 Å². The Hall–Kier alpha value is -2.82. The Morgan fingerprint density at radius 3 is 2.22 bits per heavy atom. The summed E-state index contributed by atoms with van der Waals surface area (Å²) in [6.45, 7) is 12.4. The van der Waals surface area contributed by atoms with Crippen molar-refractivity contribution in [2.75, 3.05) is 6.61 Å². The van der Waals surface area contributed by atoms with Crippen LogP contribution >= 0.6 is 0 Å². The summed E-state index contributed by atoms with van der Waals surface area (Å²) >= 11 is 0. The number of rotatable bonds is 11. The van der Waals surface area contributed by atoms with Gasteiger partial charge in [-0.05, 0) is 49.8 Å². The summed E-state index contributed by atoms with van der Waals surface area (Å²) in [5.41, 5.74) is 3.20. The van der Waals surface area contributed by atoms with Crippen molar-refractivity contribution in [2.24, 2.45) is 0 Å². The molecule has 0 heterocycles. The van der Waals surface area contributed by atoms with Crippen LogP contribution in [-0.4, -0.2) is 35.4 Å². The number of nitrogens with one attached hydrogen (secondary N) is 1. The predicted molar refractivity (Wildman–Crippen MR) is 130 cm³/mol. The molecule has 2 rings (SSSR count). The Morgan fingerprint density at radius 2 is 1.62 bits per heavy atom. The third-order valence-electron chi connectivity index (χ3n) is 5.75. The molecule has 0 saturated carbocycles. The van der Waals surface area contributed by atoms with E-state index in [-0.39, 0.29) is 30.4 Å². The van der Waals surface area contributed by atoms with Crippen LogP contribution in [0.2, 0.25) is 0 Å². The number of aryl methyl sites for hydroxylation is 1. The second-order valence-electron chi connectivity index (χ2n) is 8.73. The molecular weight excluding hydrogens is 400 g/mol. The first kappa shape index (κ1) is 25.4. The Kier molecular flexibility index (Phi) is 9.76. The molecule has 5 nitrogen and oxygen atoms in total. The van der Waals surface area contributed by atoms with Crippen LogP contribution in [-0.2, 0) is 16.1 Å². The maximum absolute atomic E-state index is 13.4. The lowest BCUT2D eigenvalue weighted by Gasteiger charge is -2.31. The minimum atomic E-state index is -0.554. The molecular formula is C27H38N2O3. The minimum Gasteiger partial charge on any atom is -0.483 e. The molecule has 2 aromatic carbocycles. The van der Waals surface area contributed by atoms with Crippen molar-refractivity contribution >= 4 is 11.8 Å². The van der Waals surface area contributed by atoms with Gasteiger partial charge in [0.1, 0.15) is 11.8 Å². The predicted octanol–water partition coefficient (Wildman–Crippen LogP) is 5.22. The first-order chi connectivity index (χ1) is 15.3. The van der Waals surface area contributed by atoms with E-state index in [0.717, 1.165) is 23.1 Å². The van der Waals surface area contributed by atoms with Crippen molar-refractivity contribution in [1.29, 1.82) is 0 Å². The number of para-hydroxylation sites is 1. The van der Waals surface area contributed by atoms with Gasteiger partial charge in [0.05, 0.1) is 0 Å². The Bertz CT molecular complexity index is 877. The summed E-state index contributed by atoms with van der Waals surface area (Å²) in [4.78, 5) is 28.0. The highest BCUT2D eigenvalue weighted by Crippen LogP contribution is 2.26. The van der Waals surface area contributed by atoms with Crippen LogP contribution in [0.15, 0.2) is 48.5 Å². The van der Waals surface area contributed by atoms with E-state index in [0.29, 0.717) is 18.7 Å². The van der Waals surface area contributed by atoms with Gasteiger partial charge in [-0.2, -0.15) is 0 Å². The van der Waals surface area contributed by atoms with Crippen molar-refractivity contribution < 1.29 is 14.3 Å². The van der Waals surface area contributed by atoms with Gasteiger partial charge in [-0.15, -0.1) is 0 Å². The second-order valence-corrected chi connectivity index (χ2v) is 8.73. The number of nitrogens with zero attached hydrogens (tertiary/aromatic N) is 1. The van der Waals surface area contributed by atoms with E-state index >= 15 is 0 Å². The van der Waals surface area contributed by atoms with Crippen LogP contribution < -0.4 is 10.1 Å². The molecule has 0 spiro atoms. The van der Waals surface area contributed by atoms with Gasteiger partial charge in [0.2, 0.25) is 5.91 Å². The maximum atomic E-state index is 13.4. The molecule has 2 amide bonds. The van der Waals surface area contributed by atoms with E-state index in [1.165, 1.54) is 0 Å². The van der Waals surface area contributed by atoms with Crippen molar-refractivity contribution in [3.05, 3.63) is 65.2 Å². The van der Waals surface area contributed by atoms with Gasteiger partial charge in [0, 0.05) is 12.6 Å². The molecule has 1 N–H and O–H groups in total. The molecule has 5 heteroatoms. The smallest absolute Gasteiger partial charge is 0.261 e. The maximum Gasteiger partial charge on any atom is 0.261 e. The Morgan fingerprint density at radius 1 is 0.969 bits per heavy atom. The number of carbonyl (C=O) groups is 2. The molecule has 0 saturated heterocycles. The summed E-state index contributed by atoms with van der Waals surface area (Å²) in [6.07, 6.45) is 1.37. The molecule has 0 aromatic heterocycles. The standard InChI is InChI=1S/C27H38N2O3/c1-7-21(6)28-27(31)24(8-2)29(17-22-15-13-20(5)14-16-22)26(30)18-32-25-12-10-9-11-23(25)19(3)4/h9-16,19,21,24H,7-8,17-18H2,1-6H3,(H,28,31)/t21-,24+/m0/s1. The van der Waals surface area contributed by atoms with E-state index in [1.807, 2.05) is 76.2 Å². The quantitative estimate of drug-likeness (QED) is 0.523. The Balaban J connectivity index is 2.24. The van der Waals surface area contributed by atoms with E-state index in [1.54, 1.807) is 4.90 Å². The summed E-state index contributed by atoms with van der Waals surface area (Å²) in [5, 5.41) is 3.04. The molecule has 32 heavy (non-hydrogen) atoms. The number of carbonyl (C=O) groups excluding carboxylic acids is 2. The van der Waals surface area contributed by atoms with Gasteiger partial charge in [-0.25, -0.2) is 0 Å². The number of ether oxygens (including phenoxy) is 1. The third kappa shape index (κ3) is 7.11. The zero-order chi connectivity index (χ0) is 23.7. The summed E-state index contributed by atoms with van der Waals surface area (Å²) in [6, 6.07) is 15.3. The number of hydrogen-bond acceptors (Lipinski definition) is 3. The molecule has 174 valence electrons. The average molecular weight is 439 g/mol. The molecule has 0 aliphatic carbocycles. The third-order valence-corrected chi connectivity index (χ3v) is 5.75. The fourth-order valence-corrected chi connectivity index (χ4v) is 3.56. The molecule has 0 unspecified atom stereocenters. The highest BCUT2D eigenvalue weighted by atomic mass is 16.5. The zero-order valence-electron chi connectivity index (χ0n) is 20.4. The van der Waals surface area contributed by atoms with Gasteiger partial charge in [-0.1, -0.05) is 75.7 Å². The monoisotopic (exact) mass is 438 g/mol. The number of benzene rings is 2. The van der Waals surface area contributed by atoms with E-state index in [2.05, 4.69) is 19.2 Å². The second kappa shape index (κ2) is 12.3. The van der Waals surface area contributed by atoms with Crippen molar-refractivity contribution in [2.45, 2.75) is 78.9 Å². The van der Waals surface area contributed by atoms with Crippen LogP contribution in [0.1, 0.15) is 70.1 Å². The fraction of sp³-hybridized carbons (Fsp3) is 0.481. The van der Waals surface area contributed by atoms with Crippen LogP contribution in [0.3, 0.4) is 0 Å². The van der Waals surface area contributed by atoms with Gasteiger partial charge in [0.15, 0.2) is 6.61 Å². The van der Waals surface area contributed by atoms with Crippen LogP contribution in [0.4, 0.5) is 0 Å². The van der Waals surface area contributed by atoms with Gasteiger partial charge in [0.25, 0.3) is 5.91 Å². The molecule has 2 atom stereocenters. The molecule has 2 aromatic rings. The van der Waals surface area contributed by atoms with Crippen molar-refractivity contribution in [3.63, 3.8) is 0 Å². The molecule has 0 radical (unpaired) electrons. The largest absolute Gasteiger partial charge is 0.483 e. The lowest BCUT2D eigenvalue weighted by Crippen LogP contribution is -2.51. The van der Waals surface area contributed by atoms with Crippen molar-refractivity contribution in [3.8, 4) is 5.75 Å². The van der Waals surface area contributed by atoms with E-state index < -0.39 is 6.04 Å². The highest BCUT2D eigenvalue weighted by molar-refractivity contribution is 5.88. The average Bonchev–Trinajstić information content (AvgIpc) is 2.78. The SMILES string of the molecule is CC[C@H](C(=O)N[C@@H](C)CC)N(Cc1ccc(C)cc1)C(=O)COc1ccccc1C(C)C. The van der Waals surface area contributed by atoms with E-state index in [4.69, 9.17) is 4.74 Å². The van der Waals surface area contributed by atoms with Crippen LogP contribution in [0, 0.1) is 6.92 Å². The number of amides is 2. The Labute approximate surface area is 193 Å². The lowest BCUT2D eigenvalue weighted by atomic mass is 10.0. The van der Waals surface area contributed by atoms with Crippen LogP contribution in [0.25, 0.3) is 0 Å². The first-order valence-electron chi connectivity index (χ1n) is 11.6. The fourth-order valence-electron chi connectivity index (χ4n) is 3.56. The van der Waals surface area contributed by atoms with Crippen LogP contribution in [0.5, 0.6) is 5.75 Å². The summed E-state index contributed by atoms with van der Waals surface area (Å²) in [7, 11) is 0. The normalized spacial score (nSPS) is 12.8. The first-order valence-corrected chi connectivity index (χ1v) is 11.6. The summed E-state index contributed by atoms with van der Waals surface area (Å²) in [5.74, 6) is 0.679. The zero-order valence-corrected chi connectivity index (χ0v) is 20.4. The number of hydrogen-bond donors (Lipinski definition) is 1. The molecule has 0 aliphatic rings.